The van der Waals surface area contributed by atoms with Crippen LogP contribution < -0.4 is 15.4 Å². The highest BCUT2D eigenvalue weighted by Crippen LogP contribution is 2.40. The summed E-state index contributed by atoms with van der Waals surface area (Å²) in [6, 6.07) is 11.4. The van der Waals surface area contributed by atoms with Gasteiger partial charge in [0, 0.05) is 43.0 Å². The zero-order valence-corrected chi connectivity index (χ0v) is 19.4. The maximum Gasteiger partial charge on any atom is 0.132 e. The lowest BCUT2D eigenvalue weighted by molar-refractivity contribution is 0.185. The molecule has 0 amide bonds. The third kappa shape index (κ3) is 4.68. The molecule has 2 aliphatic rings. The van der Waals surface area contributed by atoms with Crippen molar-refractivity contribution in [1.82, 2.24) is 14.9 Å². The summed E-state index contributed by atoms with van der Waals surface area (Å²) in [5.74, 6) is 2.46. The molecular formula is C26H30N6O2. The van der Waals surface area contributed by atoms with Gasteiger partial charge in [0.05, 0.1) is 24.2 Å². The van der Waals surface area contributed by atoms with Gasteiger partial charge in [-0.3, -0.25) is 10.3 Å². The number of nitrogens with one attached hydrogen (secondary N) is 1. The van der Waals surface area contributed by atoms with Crippen molar-refractivity contribution in [3.05, 3.63) is 78.7 Å². The number of anilines is 2. The second kappa shape index (κ2) is 8.95. The van der Waals surface area contributed by atoms with Gasteiger partial charge in [-0.15, -0.1) is 6.58 Å². The predicted molar refractivity (Wildman–Crippen MR) is 132 cm³/mol. The summed E-state index contributed by atoms with van der Waals surface area (Å²) in [6.07, 6.45) is 7.26. The van der Waals surface area contributed by atoms with E-state index in [0.717, 1.165) is 56.3 Å². The Labute approximate surface area is 199 Å². The highest BCUT2D eigenvalue weighted by atomic mass is 16.5. The van der Waals surface area contributed by atoms with Crippen molar-refractivity contribution in [2.24, 2.45) is 0 Å². The van der Waals surface area contributed by atoms with E-state index in [1.54, 1.807) is 12.3 Å². The second-order valence-corrected chi connectivity index (χ2v) is 9.24. The van der Waals surface area contributed by atoms with Crippen LogP contribution in [0.5, 0.6) is 5.75 Å². The second-order valence-electron chi connectivity index (χ2n) is 9.24. The Morgan fingerprint density at radius 3 is 2.88 bits per heavy atom. The molecule has 1 saturated carbocycles. The molecule has 3 aromatic rings. The fraction of sp³-hybridized carbons (Fsp3) is 0.346. The molecule has 34 heavy (non-hydrogen) atoms. The SMILES string of the molecule is C=CC1CN(c2cc(C(=N)c3cc(OC4(C)CC4)ccc3N)ncn2)CCN1Cc1ccco1. The van der Waals surface area contributed by atoms with Gasteiger partial charge in [0.1, 0.15) is 29.3 Å². The molecule has 1 atom stereocenters. The molecule has 8 nitrogen and oxygen atoms in total. The lowest BCUT2D eigenvalue weighted by atomic mass is 10.0. The molecule has 1 aromatic carbocycles. The fourth-order valence-electron chi connectivity index (χ4n) is 4.25. The number of nitrogen functional groups attached to an aromatic ring is 1. The van der Waals surface area contributed by atoms with Crippen molar-refractivity contribution < 1.29 is 9.15 Å². The first-order valence-electron chi connectivity index (χ1n) is 11.6. The summed E-state index contributed by atoms with van der Waals surface area (Å²) in [5, 5.41) is 8.80. The van der Waals surface area contributed by atoms with E-state index >= 15 is 0 Å². The Bertz CT molecular complexity index is 1190. The van der Waals surface area contributed by atoms with E-state index in [9.17, 15) is 0 Å². The molecule has 0 bridgehead atoms. The van der Waals surface area contributed by atoms with Crippen LogP contribution in [0.15, 0.2) is 66.1 Å². The van der Waals surface area contributed by atoms with Crippen LogP contribution in [0.4, 0.5) is 11.5 Å². The predicted octanol–water partition coefficient (Wildman–Crippen LogP) is 3.88. The smallest absolute Gasteiger partial charge is 0.132 e. The molecule has 2 fully saturated rings. The normalized spacial score (nSPS) is 19.6. The van der Waals surface area contributed by atoms with Gasteiger partial charge in [-0.1, -0.05) is 6.08 Å². The van der Waals surface area contributed by atoms with Gasteiger partial charge >= 0.3 is 0 Å². The van der Waals surface area contributed by atoms with Crippen molar-refractivity contribution in [3.63, 3.8) is 0 Å². The van der Waals surface area contributed by atoms with Gasteiger partial charge in [0.25, 0.3) is 0 Å². The highest BCUT2D eigenvalue weighted by molar-refractivity contribution is 6.13. The monoisotopic (exact) mass is 458 g/mol. The van der Waals surface area contributed by atoms with E-state index in [0.29, 0.717) is 16.9 Å². The number of rotatable bonds is 8. The summed E-state index contributed by atoms with van der Waals surface area (Å²) in [4.78, 5) is 13.4. The number of nitrogens with two attached hydrogens (primary N) is 1. The average molecular weight is 459 g/mol. The minimum Gasteiger partial charge on any atom is -0.488 e. The standard InChI is InChI=1S/C26H30N6O2/c1-3-18-15-32(11-10-31(18)16-20-5-4-12-33-20)24-14-23(29-17-30-24)25(28)21-13-19(6-7-22(21)27)34-26(2)8-9-26/h3-7,12-14,17-18,28H,1,8-11,15-16,27H2,2H3. The van der Waals surface area contributed by atoms with E-state index in [4.69, 9.17) is 20.3 Å². The number of ether oxygens (including phenoxy) is 1. The van der Waals surface area contributed by atoms with Gasteiger partial charge in [-0.2, -0.15) is 0 Å². The van der Waals surface area contributed by atoms with Gasteiger partial charge in [0.15, 0.2) is 0 Å². The number of hydrogen-bond acceptors (Lipinski definition) is 8. The van der Waals surface area contributed by atoms with Crippen molar-refractivity contribution in [2.75, 3.05) is 30.3 Å². The topological polar surface area (TPSA) is 104 Å². The molecule has 8 heteroatoms. The maximum absolute atomic E-state index is 8.80. The molecule has 3 heterocycles. The maximum atomic E-state index is 8.80. The summed E-state index contributed by atoms with van der Waals surface area (Å²) in [7, 11) is 0. The summed E-state index contributed by atoms with van der Waals surface area (Å²) in [6.45, 7) is 9.27. The van der Waals surface area contributed by atoms with E-state index in [1.165, 1.54) is 6.33 Å². The molecule has 5 rings (SSSR count). The van der Waals surface area contributed by atoms with Crippen LogP contribution >= 0.6 is 0 Å². The first kappa shape index (κ1) is 22.2. The van der Waals surface area contributed by atoms with Gasteiger partial charge < -0.3 is 19.8 Å². The van der Waals surface area contributed by atoms with Gasteiger partial charge in [-0.25, -0.2) is 9.97 Å². The van der Waals surface area contributed by atoms with Crippen molar-refractivity contribution in [2.45, 2.75) is 38.0 Å². The van der Waals surface area contributed by atoms with E-state index in [-0.39, 0.29) is 17.4 Å². The number of furan rings is 1. The van der Waals surface area contributed by atoms with Crippen LogP contribution in [0.3, 0.4) is 0 Å². The van der Waals surface area contributed by atoms with Crippen molar-refractivity contribution >= 4 is 17.2 Å². The Morgan fingerprint density at radius 1 is 1.29 bits per heavy atom. The molecule has 1 aliphatic heterocycles. The van der Waals surface area contributed by atoms with E-state index in [1.807, 2.05) is 36.4 Å². The molecule has 1 saturated heterocycles. The van der Waals surface area contributed by atoms with Crippen LogP contribution in [-0.2, 0) is 6.54 Å². The first-order valence-corrected chi connectivity index (χ1v) is 11.6. The van der Waals surface area contributed by atoms with Crippen LogP contribution in [0, 0.1) is 5.41 Å². The molecule has 3 N–H and O–H groups in total. The lowest BCUT2D eigenvalue weighted by Crippen LogP contribution is -2.52. The molecule has 176 valence electrons. The van der Waals surface area contributed by atoms with Crippen molar-refractivity contribution in [1.29, 1.82) is 5.41 Å². The van der Waals surface area contributed by atoms with Gasteiger partial charge in [-0.05, 0) is 50.1 Å². The molecular weight excluding hydrogens is 428 g/mol. The fourth-order valence-corrected chi connectivity index (χ4v) is 4.25. The quantitative estimate of drug-likeness (QED) is 0.300. The first-order chi connectivity index (χ1) is 16.4. The number of hydrogen-bond donors (Lipinski definition) is 2. The largest absolute Gasteiger partial charge is 0.488 e. The lowest BCUT2D eigenvalue weighted by Gasteiger charge is -2.40. The van der Waals surface area contributed by atoms with Crippen LogP contribution in [-0.4, -0.2) is 51.9 Å². The average Bonchev–Trinajstić information content (AvgIpc) is 3.35. The minimum absolute atomic E-state index is 0.0988. The summed E-state index contributed by atoms with van der Waals surface area (Å²) >= 11 is 0. The number of piperazine rings is 1. The Morgan fingerprint density at radius 2 is 2.15 bits per heavy atom. The van der Waals surface area contributed by atoms with Gasteiger partial charge in [0.2, 0.25) is 0 Å². The van der Waals surface area contributed by atoms with Crippen molar-refractivity contribution in [3.8, 4) is 5.75 Å². The summed E-state index contributed by atoms with van der Waals surface area (Å²) < 4.78 is 11.6. The molecule has 0 radical (unpaired) electrons. The Balaban J connectivity index is 1.32. The Kier molecular flexibility index (Phi) is 5.83. The zero-order chi connectivity index (χ0) is 23.7. The van der Waals surface area contributed by atoms with Crippen LogP contribution in [0.2, 0.25) is 0 Å². The number of nitrogens with zero attached hydrogens (tertiary/aromatic N) is 4. The van der Waals surface area contributed by atoms with E-state index in [2.05, 4.69) is 33.3 Å². The molecule has 0 spiro atoms. The number of benzene rings is 1. The summed E-state index contributed by atoms with van der Waals surface area (Å²) in [5.41, 5.74) is 8.04. The third-order valence-corrected chi connectivity index (χ3v) is 6.59. The molecule has 1 aliphatic carbocycles. The third-order valence-electron chi connectivity index (χ3n) is 6.59. The molecule has 1 unspecified atom stereocenters. The zero-order valence-electron chi connectivity index (χ0n) is 19.4. The van der Waals surface area contributed by atoms with E-state index < -0.39 is 0 Å². The number of aromatic nitrogens is 2. The highest BCUT2D eigenvalue weighted by Gasteiger charge is 2.40. The van der Waals surface area contributed by atoms with Crippen LogP contribution in [0.1, 0.15) is 36.8 Å². The molecule has 2 aromatic heterocycles. The van der Waals surface area contributed by atoms with Crippen LogP contribution in [0.25, 0.3) is 0 Å². The Hall–Kier alpha value is -3.65. The minimum atomic E-state index is -0.0988.